The van der Waals surface area contributed by atoms with Gasteiger partial charge in [-0.2, -0.15) is 0 Å². The van der Waals surface area contributed by atoms with E-state index in [1.807, 2.05) is 0 Å². The quantitative estimate of drug-likeness (QED) is 0.631. The number of hydrogen-bond donors (Lipinski definition) is 1. The van der Waals surface area contributed by atoms with Crippen LogP contribution in [0.15, 0.2) is 0 Å². The highest BCUT2D eigenvalue weighted by atomic mass is 16.7. The van der Waals surface area contributed by atoms with Crippen LogP contribution in [0, 0.1) is 0 Å². The maximum absolute atomic E-state index is 7.90. The van der Waals surface area contributed by atoms with Crippen LogP contribution in [0.3, 0.4) is 0 Å². The topological polar surface area (TPSA) is 57.2 Å². The predicted octanol–water partition coefficient (Wildman–Crippen LogP) is 3.26. The number of ether oxygens (including phenoxy) is 4. The van der Waals surface area contributed by atoms with Crippen molar-refractivity contribution in [2.75, 3.05) is 40.7 Å². The van der Waals surface area contributed by atoms with Crippen LogP contribution >= 0.6 is 0 Å². The Hall–Kier alpha value is -0.200. The summed E-state index contributed by atoms with van der Waals surface area (Å²) in [5.74, 6) is 0. The molecule has 1 aliphatic rings. The second kappa shape index (κ2) is 30.1. The van der Waals surface area contributed by atoms with Gasteiger partial charge in [-0.25, -0.2) is 0 Å². The summed E-state index contributed by atoms with van der Waals surface area (Å²) in [6, 6.07) is 0. The normalized spacial score (nSPS) is 13.7. The van der Waals surface area contributed by atoms with Crippen molar-refractivity contribution >= 4 is 0 Å². The van der Waals surface area contributed by atoms with E-state index in [1.54, 1.807) is 0 Å². The Bertz CT molecular complexity index is 73.4. The molecule has 0 unspecified atom stereocenters. The van der Waals surface area contributed by atoms with E-state index < -0.39 is 0 Å². The Morgan fingerprint density at radius 2 is 1.44 bits per heavy atom. The van der Waals surface area contributed by atoms with Gasteiger partial charge in [-0.15, -0.1) is 0 Å². The molecule has 0 aromatic carbocycles. The molecular weight excluding hydrogens is 236 g/mol. The smallest absolute Gasteiger partial charge is 0.149 e. The van der Waals surface area contributed by atoms with Crippen LogP contribution in [0.4, 0.5) is 0 Å². The van der Waals surface area contributed by atoms with Crippen LogP contribution in [0.25, 0.3) is 0 Å². The lowest BCUT2D eigenvalue weighted by Gasteiger charge is -2.08. The molecule has 0 spiro atoms. The lowest BCUT2D eigenvalue weighted by atomic mass is 10.2. The van der Waals surface area contributed by atoms with Crippen LogP contribution in [0.1, 0.15) is 49.0 Å². The third kappa shape index (κ3) is 29.7. The Balaban J connectivity index is -0.0000000527. The summed E-state index contributed by atoms with van der Waals surface area (Å²) in [6.45, 7) is 2.14. The molecule has 1 heterocycles. The molecule has 1 rings (SSSR count). The van der Waals surface area contributed by atoms with Crippen molar-refractivity contribution in [1.29, 1.82) is 0 Å². The van der Waals surface area contributed by atoms with E-state index in [0.717, 1.165) is 13.2 Å². The van der Waals surface area contributed by atoms with Gasteiger partial charge in [0.05, 0.1) is 0 Å². The first-order chi connectivity index (χ1) is 6.91. The van der Waals surface area contributed by atoms with Crippen LogP contribution in [0.2, 0.25) is 0 Å². The largest absolute Gasteiger partial charge is 0.371 e. The standard InChI is InChI=1S/C6H12O2.C3H8O3.4CH4/c1-2-4-7-6-8-5-3-1;1-5-3-6-2-4;;;;/h1-6H2;4H,2-3H2,1H3;4*1H4. The molecule has 0 aliphatic carbocycles. The molecule has 5 heteroatoms. The van der Waals surface area contributed by atoms with Gasteiger partial charge in [-0.05, 0) is 19.3 Å². The number of aliphatic hydroxyl groups excluding tert-OH is 1. The zero-order valence-electron chi connectivity index (χ0n) is 8.74. The summed E-state index contributed by atoms with van der Waals surface area (Å²) in [6.07, 6.45) is 3.65. The maximum atomic E-state index is 7.90. The fourth-order valence-corrected chi connectivity index (χ4v) is 0.882. The molecular formula is C13H36O5. The lowest BCUT2D eigenvalue weighted by molar-refractivity contribution is -0.0931. The summed E-state index contributed by atoms with van der Waals surface area (Å²) < 4.78 is 18.8. The van der Waals surface area contributed by atoms with Crippen molar-refractivity contribution in [2.24, 2.45) is 0 Å². The molecule has 0 saturated carbocycles. The van der Waals surface area contributed by atoms with Crippen LogP contribution in [-0.4, -0.2) is 45.8 Å². The van der Waals surface area contributed by atoms with Crippen molar-refractivity contribution < 1.29 is 24.1 Å². The monoisotopic (exact) mass is 272 g/mol. The molecule has 0 radical (unpaired) electrons. The summed E-state index contributed by atoms with van der Waals surface area (Å²) >= 11 is 0. The van der Waals surface area contributed by atoms with Crippen LogP contribution < -0.4 is 0 Å². The Kier molecular flexibility index (Phi) is 51.3. The van der Waals surface area contributed by atoms with Gasteiger partial charge >= 0.3 is 0 Å². The van der Waals surface area contributed by atoms with E-state index in [9.17, 15) is 0 Å². The molecule has 118 valence electrons. The molecule has 1 saturated heterocycles. The molecule has 1 aliphatic heterocycles. The number of aliphatic hydroxyl groups is 1. The summed E-state index contributed by atoms with van der Waals surface area (Å²) in [5, 5.41) is 7.90. The van der Waals surface area contributed by atoms with Crippen LogP contribution in [-0.2, 0) is 18.9 Å². The van der Waals surface area contributed by atoms with Crippen molar-refractivity contribution in [3.63, 3.8) is 0 Å². The minimum absolute atomic E-state index is 0. The van der Waals surface area contributed by atoms with E-state index in [-0.39, 0.29) is 43.3 Å². The zero-order chi connectivity index (χ0) is 10.5. The van der Waals surface area contributed by atoms with E-state index in [4.69, 9.17) is 14.6 Å². The average molecular weight is 272 g/mol. The maximum Gasteiger partial charge on any atom is 0.149 e. The molecule has 0 aromatic heterocycles. The fraction of sp³-hybridized carbons (Fsp3) is 1.00. The highest BCUT2D eigenvalue weighted by Gasteiger charge is 1.94. The Labute approximate surface area is 114 Å². The molecule has 0 aromatic rings. The zero-order valence-corrected chi connectivity index (χ0v) is 8.74. The van der Waals surface area contributed by atoms with Gasteiger partial charge in [0.15, 0.2) is 0 Å². The Morgan fingerprint density at radius 1 is 0.944 bits per heavy atom. The lowest BCUT2D eigenvalue weighted by Crippen LogP contribution is -2.06. The van der Waals surface area contributed by atoms with Gasteiger partial charge in [0.1, 0.15) is 20.4 Å². The van der Waals surface area contributed by atoms with Gasteiger partial charge in [0, 0.05) is 20.3 Å². The first-order valence-corrected chi connectivity index (χ1v) is 4.75. The van der Waals surface area contributed by atoms with Crippen LogP contribution in [0.5, 0.6) is 0 Å². The van der Waals surface area contributed by atoms with Crippen molar-refractivity contribution in [3.8, 4) is 0 Å². The third-order valence-corrected chi connectivity index (χ3v) is 1.54. The number of methoxy groups -OCH3 is 1. The Morgan fingerprint density at radius 3 is 1.78 bits per heavy atom. The molecule has 0 amide bonds. The summed E-state index contributed by atoms with van der Waals surface area (Å²) in [5.41, 5.74) is 0. The second-order valence-electron chi connectivity index (χ2n) is 2.73. The van der Waals surface area contributed by atoms with Gasteiger partial charge in [-0.1, -0.05) is 29.7 Å². The molecule has 18 heavy (non-hydrogen) atoms. The van der Waals surface area contributed by atoms with Crippen molar-refractivity contribution in [2.45, 2.75) is 49.0 Å². The minimum Gasteiger partial charge on any atom is -0.371 e. The predicted molar refractivity (Wildman–Crippen MR) is 77.6 cm³/mol. The molecule has 1 N–H and O–H groups in total. The molecule has 5 nitrogen and oxygen atoms in total. The van der Waals surface area contributed by atoms with E-state index in [1.165, 1.54) is 26.4 Å². The highest BCUT2D eigenvalue weighted by Crippen LogP contribution is 1.99. The first-order valence-electron chi connectivity index (χ1n) is 4.75. The van der Waals surface area contributed by atoms with Gasteiger partial charge in [-0.3, -0.25) is 0 Å². The highest BCUT2D eigenvalue weighted by molar-refractivity contribution is 4.41. The molecule has 0 atom stereocenters. The first kappa shape index (κ1) is 30.7. The average Bonchev–Trinajstić information content (AvgIpc) is 2.14. The number of hydrogen-bond acceptors (Lipinski definition) is 5. The summed E-state index contributed by atoms with van der Waals surface area (Å²) in [7, 11) is 1.50. The van der Waals surface area contributed by atoms with E-state index in [2.05, 4.69) is 9.47 Å². The van der Waals surface area contributed by atoms with Gasteiger partial charge in [0.2, 0.25) is 0 Å². The minimum atomic E-state index is -0.270. The molecule has 0 bridgehead atoms. The van der Waals surface area contributed by atoms with Gasteiger partial charge in [0.25, 0.3) is 0 Å². The number of rotatable bonds is 3. The van der Waals surface area contributed by atoms with E-state index >= 15 is 0 Å². The molecule has 1 fully saturated rings. The van der Waals surface area contributed by atoms with Gasteiger partial charge < -0.3 is 24.1 Å². The van der Waals surface area contributed by atoms with Crippen molar-refractivity contribution in [1.82, 2.24) is 0 Å². The summed E-state index contributed by atoms with van der Waals surface area (Å²) in [4.78, 5) is 0. The SMILES string of the molecule is C.C.C.C.C1CCOCOCC1.COCOCO. The second-order valence-corrected chi connectivity index (χ2v) is 2.73. The van der Waals surface area contributed by atoms with Crippen molar-refractivity contribution in [3.05, 3.63) is 0 Å². The van der Waals surface area contributed by atoms with E-state index in [0.29, 0.717) is 6.79 Å². The fourth-order valence-electron chi connectivity index (χ4n) is 0.882. The third-order valence-electron chi connectivity index (χ3n) is 1.54.